The van der Waals surface area contributed by atoms with Crippen molar-refractivity contribution in [3.8, 4) is 11.5 Å². The highest BCUT2D eigenvalue weighted by Crippen LogP contribution is 2.23. The Morgan fingerprint density at radius 2 is 1.85 bits per heavy atom. The number of rotatable bonds is 5. The van der Waals surface area contributed by atoms with Crippen LogP contribution in [0.5, 0.6) is 11.5 Å². The highest BCUT2D eigenvalue weighted by atomic mass is 16.5. The molecule has 3 rings (SSSR count). The highest BCUT2D eigenvalue weighted by molar-refractivity contribution is 5.93. The maximum Gasteiger partial charge on any atom is 0.244 e. The van der Waals surface area contributed by atoms with Gasteiger partial charge in [0, 0.05) is 17.1 Å². The molecule has 0 bridgehead atoms. The quantitative estimate of drug-likeness (QED) is 0.766. The summed E-state index contributed by atoms with van der Waals surface area (Å²) in [6.07, 6.45) is 0. The number of nitrogens with zero attached hydrogens (tertiary/aromatic N) is 1. The number of aromatic nitrogens is 1. The van der Waals surface area contributed by atoms with E-state index in [0.29, 0.717) is 33.8 Å². The summed E-state index contributed by atoms with van der Waals surface area (Å²) in [7, 11) is 3.10. The van der Waals surface area contributed by atoms with E-state index in [9.17, 15) is 9.59 Å². The van der Waals surface area contributed by atoms with Crippen molar-refractivity contribution < 1.29 is 14.3 Å². The SMILES string of the molecule is COc1ccc2c(c1)c(=O)cc(C)n2CC(=O)Nc1ccccc1OC. The van der Waals surface area contributed by atoms with Gasteiger partial charge in [-0.15, -0.1) is 0 Å². The number of hydrogen-bond donors (Lipinski definition) is 1. The van der Waals surface area contributed by atoms with Gasteiger partial charge in [0.05, 0.1) is 25.4 Å². The second-order valence-electron chi connectivity index (χ2n) is 5.87. The minimum atomic E-state index is -0.210. The topological polar surface area (TPSA) is 69.6 Å². The zero-order valence-electron chi connectivity index (χ0n) is 14.9. The second kappa shape index (κ2) is 7.31. The molecule has 0 aliphatic carbocycles. The van der Waals surface area contributed by atoms with Crippen molar-refractivity contribution in [2.75, 3.05) is 19.5 Å². The molecule has 0 radical (unpaired) electrons. The molecule has 26 heavy (non-hydrogen) atoms. The van der Waals surface area contributed by atoms with Crippen LogP contribution in [0.4, 0.5) is 5.69 Å². The van der Waals surface area contributed by atoms with Gasteiger partial charge in [-0.1, -0.05) is 12.1 Å². The maximum absolute atomic E-state index is 12.6. The first kappa shape index (κ1) is 17.5. The summed E-state index contributed by atoms with van der Waals surface area (Å²) in [4.78, 5) is 24.9. The first-order valence-corrected chi connectivity index (χ1v) is 8.14. The minimum absolute atomic E-state index is 0.0764. The average molecular weight is 352 g/mol. The number of aryl methyl sites for hydroxylation is 1. The third kappa shape index (κ3) is 3.39. The fourth-order valence-corrected chi connectivity index (χ4v) is 2.90. The molecule has 1 amide bonds. The van der Waals surface area contributed by atoms with E-state index in [0.717, 1.165) is 0 Å². The number of fused-ring (bicyclic) bond motifs is 1. The Bertz CT molecular complexity index is 1020. The van der Waals surface area contributed by atoms with Crippen LogP contribution in [0, 0.1) is 6.92 Å². The van der Waals surface area contributed by atoms with Gasteiger partial charge < -0.3 is 19.4 Å². The van der Waals surface area contributed by atoms with Crippen LogP contribution in [-0.4, -0.2) is 24.7 Å². The van der Waals surface area contributed by atoms with Crippen LogP contribution in [0.2, 0.25) is 0 Å². The lowest BCUT2D eigenvalue weighted by atomic mass is 10.1. The molecule has 0 aliphatic heterocycles. The molecule has 0 saturated heterocycles. The Hall–Kier alpha value is -3.28. The summed E-state index contributed by atoms with van der Waals surface area (Å²) in [6.45, 7) is 1.88. The molecular formula is C20H20N2O4. The zero-order valence-corrected chi connectivity index (χ0v) is 14.9. The number of hydrogen-bond acceptors (Lipinski definition) is 4. The van der Waals surface area contributed by atoms with Crippen molar-refractivity contribution in [2.24, 2.45) is 0 Å². The number of pyridine rings is 1. The molecular weight excluding hydrogens is 332 g/mol. The molecule has 2 aromatic carbocycles. The molecule has 1 heterocycles. The molecule has 134 valence electrons. The summed E-state index contributed by atoms with van der Waals surface area (Å²) in [6, 6.07) is 14.0. The van der Waals surface area contributed by atoms with Gasteiger partial charge in [0.1, 0.15) is 18.0 Å². The molecule has 0 aliphatic rings. The summed E-state index contributed by atoms with van der Waals surface area (Å²) in [5.74, 6) is 0.980. The Labute approximate surface area is 151 Å². The molecule has 0 spiro atoms. The fraction of sp³-hybridized carbons (Fsp3) is 0.200. The number of ether oxygens (including phenoxy) is 2. The largest absolute Gasteiger partial charge is 0.497 e. The van der Waals surface area contributed by atoms with Crippen molar-refractivity contribution >= 4 is 22.5 Å². The van der Waals surface area contributed by atoms with E-state index in [4.69, 9.17) is 9.47 Å². The minimum Gasteiger partial charge on any atom is -0.497 e. The summed E-state index contributed by atoms with van der Waals surface area (Å²) >= 11 is 0. The third-order valence-electron chi connectivity index (χ3n) is 4.21. The van der Waals surface area contributed by atoms with Gasteiger partial charge in [-0.25, -0.2) is 0 Å². The Kier molecular flexibility index (Phi) is 4.93. The smallest absolute Gasteiger partial charge is 0.244 e. The van der Waals surface area contributed by atoms with Crippen molar-refractivity contribution in [3.63, 3.8) is 0 Å². The Morgan fingerprint density at radius 3 is 2.58 bits per heavy atom. The third-order valence-corrected chi connectivity index (χ3v) is 4.21. The predicted molar refractivity (Wildman–Crippen MR) is 101 cm³/mol. The Balaban J connectivity index is 1.95. The van der Waals surface area contributed by atoms with Crippen LogP contribution in [0.1, 0.15) is 5.69 Å². The number of anilines is 1. The lowest BCUT2D eigenvalue weighted by Gasteiger charge is -2.16. The predicted octanol–water partition coefficient (Wildman–Crippen LogP) is 2.97. The van der Waals surface area contributed by atoms with E-state index in [1.165, 1.54) is 6.07 Å². The van der Waals surface area contributed by atoms with Crippen molar-refractivity contribution in [1.82, 2.24) is 4.57 Å². The van der Waals surface area contributed by atoms with Crippen LogP contribution < -0.4 is 20.2 Å². The molecule has 0 saturated carbocycles. The van der Waals surface area contributed by atoms with E-state index in [2.05, 4.69) is 5.32 Å². The van der Waals surface area contributed by atoms with E-state index in [1.807, 2.05) is 12.1 Å². The molecule has 1 aromatic heterocycles. The van der Waals surface area contributed by atoms with E-state index in [-0.39, 0.29) is 17.9 Å². The van der Waals surface area contributed by atoms with Gasteiger partial charge in [-0.05, 0) is 37.3 Å². The van der Waals surface area contributed by atoms with Gasteiger partial charge in [0.15, 0.2) is 5.43 Å². The van der Waals surface area contributed by atoms with E-state index < -0.39 is 0 Å². The average Bonchev–Trinajstić information content (AvgIpc) is 2.65. The van der Waals surface area contributed by atoms with Crippen LogP contribution in [0.15, 0.2) is 53.3 Å². The first-order chi connectivity index (χ1) is 12.5. The number of para-hydroxylation sites is 2. The summed E-state index contributed by atoms with van der Waals surface area (Å²) < 4.78 is 12.3. The normalized spacial score (nSPS) is 10.6. The lowest BCUT2D eigenvalue weighted by Crippen LogP contribution is -2.22. The molecule has 0 fully saturated rings. The van der Waals surface area contributed by atoms with Gasteiger partial charge in [0.25, 0.3) is 0 Å². The number of benzene rings is 2. The lowest BCUT2D eigenvalue weighted by molar-refractivity contribution is -0.116. The van der Waals surface area contributed by atoms with Gasteiger partial charge in [-0.2, -0.15) is 0 Å². The van der Waals surface area contributed by atoms with Crippen molar-refractivity contribution in [2.45, 2.75) is 13.5 Å². The van der Waals surface area contributed by atoms with Crippen LogP contribution in [0.3, 0.4) is 0 Å². The van der Waals surface area contributed by atoms with Gasteiger partial charge in [-0.3, -0.25) is 9.59 Å². The standard InChI is InChI=1S/C20H20N2O4/c1-13-10-18(23)15-11-14(25-2)8-9-17(15)22(13)12-20(24)21-16-6-4-5-7-19(16)26-3/h4-11H,12H2,1-3H3,(H,21,24). The number of nitrogens with one attached hydrogen (secondary N) is 1. The molecule has 1 N–H and O–H groups in total. The number of carbonyl (C=O) groups excluding carboxylic acids is 1. The summed E-state index contributed by atoms with van der Waals surface area (Å²) in [5, 5.41) is 3.37. The summed E-state index contributed by atoms with van der Waals surface area (Å²) in [5.41, 5.74) is 1.90. The molecule has 0 unspecified atom stereocenters. The monoisotopic (exact) mass is 352 g/mol. The van der Waals surface area contributed by atoms with Crippen molar-refractivity contribution in [1.29, 1.82) is 0 Å². The Morgan fingerprint density at radius 1 is 1.08 bits per heavy atom. The first-order valence-electron chi connectivity index (χ1n) is 8.14. The van der Waals surface area contributed by atoms with Gasteiger partial charge in [0.2, 0.25) is 5.91 Å². The van der Waals surface area contributed by atoms with E-state index >= 15 is 0 Å². The van der Waals surface area contributed by atoms with Crippen LogP contribution in [-0.2, 0) is 11.3 Å². The van der Waals surface area contributed by atoms with Gasteiger partial charge >= 0.3 is 0 Å². The van der Waals surface area contributed by atoms with Crippen LogP contribution >= 0.6 is 0 Å². The molecule has 6 nitrogen and oxygen atoms in total. The zero-order chi connectivity index (χ0) is 18.7. The van der Waals surface area contributed by atoms with E-state index in [1.54, 1.807) is 56.0 Å². The maximum atomic E-state index is 12.6. The number of carbonyl (C=O) groups is 1. The van der Waals surface area contributed by atoms with Crippen LogP contribution in [0.25, 0.3) is 10.9 Å². The molecule has 0 atom stereocenters. The number of amides is 1. The fourth-order valence-electron chi connectivity index (χ4n) is 2.90. The molecule has 3 aromatic rings. The second-order valence-corrected chi connectivity index (χ2v) is 5.87. The highest BCUT2D eigenvalue weighted by Gasteiger charge is 2.12. The van der Waals surface area contributed by atoms with Crippen molar-refractivity contribution in [3.05, 3.63) is 64.4 Å². The molecule has 6 heteroatoms. The number of methoxy groups -OCH3 is 2.